The predicted octanol–water partition coefficient (Wildman–Crippen LogP) is 2.86. The Hall–Kier alpha value is -2.74. The fraction of sp³-hybridized carbons (Fsp3) is 0.118. The molecule has 0 aliphatic carbocycles. The Morgan fingerprint density at radius 2 is 1.64 bits per heavy atom. The van der Waals surface area contributed by atoms with Crippen molar-refractivity contribution in [3.63, 3.8) is 0 Å². The van der Waals surface area contributed by atoms with Gasteiger partial charge in [-0.2, -0.15) is 0 Å². The number of pyridine rings is 1. The third-order valence-electron chi connectivity index (χ3n) is 3.73. The molecule has 0 bridgehead atoms. The Kier molecular flexibility index (Phi) is 4.08. The average Bonchev–Trinajstić information content (AvgIpc) is 2.53. The van der Waals surface area contributed by atoms with Crippen molar-refractivity contribution in [2.24, 2.45) is 7.05 Å². The fourth-order valence-corrected chi connectivity index (χ4v) is 3.22. The van der Waals surface area contributed by atoms with Crippen LogP contribution in [0.15, 0.2) is 47.4 Å². The first-order valence-corrected chi connectivity index (χ1v) is 9.12. The summed E-state index contributed by atoms with van der Waals surface area (Å²) < 4.78 is 54.4. The number of sulfonamides is 1. The van der Waals surface area contributed by atoms with Crippen molar-refractivity contribution in [2.75, 3.05) is 11.0 Å². The molecule has 5 nitrogen and oxygen atoms in total. The number of aryl methyl sites for hydroxylation is 1. The maximum atomic E-state index is 14.4. The van der Waals surface area contributed by atoms with Gasteiger partial charge in [-0.05, 0) is 17.5 Å². The zero-order chi connectivity index (χ0) is 18.4. The molecule has 25 heavy (non-hydrogen) atoms. The molecule has 0 aliphatic heterocycles. The summed E-state index contributed by atoms with van der Waals surface area (Å²) in [5.41, 5.74) is -0.278. The molecule has 0 amide bonds. The number of nitrogens with zero attached hydrogens (tertiary/aromatic N) is 1. The largest absolute Gasteiger partial charge is 0.317 e. The number of hydrogen-bond donors (Lipinski definition) is 1. The topological polar surface area (TPSA) is 68.2 Å². The Morgan fingerprint density at radius 1 is 1.00 bits per heavy atom. The number of nitrogens with one attached hydrogen (secondary N) is 1. The van der Waals surface area contributed by atoms with Crippen molar-refractivity contribution >= 4 is 26.5 Å². The van der Waals surface area contributed by atoms with Crippen LogP contribution in [0.25, 0.3) is 21.9 Å². The lowest BCUT2D eigenvalue weighted by molar-refractivity contribution is 0.585. The van der Waals surface area contributed by atoms with Gasteiger partial charge in [0.1, 0.15) is 11.6 Å². The number of benzene rings is 2. The molecule has 2 aromatic carbocycles. The maximum absolute atomic E-state index is 14.4. The van der Waals surface area contributed by atoms with Crippen LogP contribution < -0.4 is 10.3 Å². The molecule has 0 unspecified atom stereocenters. The summed E-state index contributed by atoms with van der Waals surface area (Å²) in [5.74, 6) is -1.89. The molecule has 0 saturated heterocycles. The lowest BCUT2D eigenvalue weighted by Crippen LogP contribution is -2.16. The van der Waals surface area contributed by atoms with E-state index in [0.717, 1.165) is 12.3 Å². The van der Waals surface area contributed by atoms with E-state index in [0.29, 0.717) is 22.4 Å². The summed E-state index contributed by atoms with van der Waals surface area (Å²) in [6.07, 6.45) is 2.31. The van der Waals surface area contributed by atoms with Crippen LogP contribution in [0.1, 0.15) is 0 Å². The minimum Gasteiger partial charge on any atom is -0.317 e. The zero-order valence-electron chi connectivity index (χ0n) is 13.4. The summed E-state index contributed by atoms with van der Waals surface area (Å²) in [7, 11) is -2.21. The average molecular weight is 364 g/mol. The smallest absolute Gasteiger partial charge is 0.258 e. The molecule has 8 heteroatoms. The molecular formula is C17H14F2N2O3S. The lowest BCUT2D eigenvalue weighted by Gasteiger charge is -2.13. The number of halogens is 2. The third-order valence-corrected chi connectivity index (χ3v) is 4.32. The summed E-state index contributed by atoms with van der Waals surface area (Å²) in [4.78, 5) is 12.2. The summed E-state index contributed by atoms with van der Waals surface area (Å²) in [5, 5.41) is 0.866. The molecule has 0 atom stereocenters. The van der Waals surface area contributed by atoms with E-state index in [1.54, 1.807) is 24.3 Å². The summed E-state index contributed by atoms with van der Waals surface area (Å²) >= 11 is 0. The normalized spacial score (nSPS) is 11.7. The van der Waals surface area contributed by atoms with Crippen LogP contribution in [-0.4, -0.2) is 19.2 Å². The van der Waals surface area contributed by atoms with Gasteiger partial charge in [-0.3, -0.25) is 9.52 Å². The van der Waals surface area contributed by atoms with E-state index in [4.69, 9.17) is 0 Å². The van der Waals surface area contributed by atoms with Gasteiger partial charge in [-0.25, -0.2) is 17.2 Å². The fourth-order valence-electron chi connectivity index (χ4n) is 2.66. The molecule has 0 fully saturated rings. The molecule has 0 aliphatic rings. The Balaban J connectivity index is 2.34. The highest BCUT2D eigenvalue weighted by atomic mass is 32.2. The van der Waals surface area contributed by atoms with Crippen LogP contribution in [0.4, 0.5) is 14.5 Å². The number of aromatic nitrogens is 1. The van der Waals surface area contributed by atoms with Crippen molar-refractivity contribution in [3.05, 3.63) is 64.6 Å². The second kappa shape index (κ2) is 5.96. The molecule has 0 spiro atoms. The van der Waals surface area contributed by atoms with Crippen LogP contribution in [0, 0.1) is 11.6 Å². The van der Waals surface area contributed by atoms with E-state index in [1.807, 2.05) is 4.72 Å². The lowest BCUT2D eigenvalue weighted by atomic mass is 9.99. The highest BCUT2D eigenvalue weighted by Gasteiger charge is 2.17. The molecule has 0 saturated carbocycles. The number of fused-ring (bicyclic) bond motifs is 1. The van der Waals surface area contributed by atoms with Crippen molar-refractivity contribution in [1.82, 2.24) is 4.57 Å². The minimum atomic E-state index is -3.74. The van der Waals surface area contributed by atoms with Gasteiger partial charge in [0.25, 0.3) is 5.56 Å². The van der Waals surface area contributed by atoms with Crippen molar-refractivity contribution in [2.45, 2.75) is 0 Å². The van der Waals surface area contributed by atoms with Gasteiger partial charge in [0.15, 0.2) is 0 Å². The van der Waals surface area contributed by atoms with Gasteiger partial charge in [-0.1, -0.05) is 18.2 Å². The molecule has 1 heterocycles. The quantitative estimate of drug-likeness (QED) is 0.777. The van der Waals surface area contributed by atoms with Gasteiger partial charge in [0.2, 0.25) is 10.0 Å². The number of rotatable bonds is 3. The highest BCUT2D eigenvalue weighted by Crippen LogP contribution is 2.32. The van der Waals surface area contributed by atoms with Gasteiger partial charge < -0.3 is 4.57 Å². The monoisotopic (exact) mass is 364 g/mol. The summed E-state index contributed by atoms with van der Waals surface area (Å²) in [6, 6.07) is 8.34. The van der Waals surface area contributed by atoms with Crippen LogP contribution in [-0.2, 0) is 17.1 Å². The van der Waals surface area contributed by atoms with Crippen molar-refractivity contribution in [1.29, 1.82) is 0 Å². The molecule has 3 aromatic rings. The Labute approximate surface area is 142 Å². The second-order valence-corrected chi connectivity index (χ2v) is 7.44. The van der Waals surface area contributed by atoms with E-state index in [1.165, 1.54) is 17.8 Å². The Bertz CT molecular complexity index is 1150. The number of hydrogen-bond acceptors (Lipinski definition) is 3. The van der Waals surface area contributed by atoms with Gasteiger partial charge in [-0.15, -0.1) is 0 Å². The predicted molar refractivity (Wildman–Crippen MR) is 93.0 cm³/mol. The van der Waals surface area contributed by atoms with Crippen LogP contribution in [0.3, 0.4) is 0 Å². The maximum Gasteiger partial charge on any atom is 0.258 e. The highest BCUT2D eigenvalue weighted by molar-refractivity contribution is 7.92. The molecular weight excluding hydrogens is 350 g/mol. The van der Waals surface area contributed by atoms with Gasteiger partial charge >= 0.3 is 0 Å². The van der Waals surface area contributed by atoms with E-state index in [2.05, 4.69) is 0 Å². The van der Waals surface area contributed by atoms with E-state index < -0.39 is 21.7 Å². The standard InChI is InChI=1S/C17H14F2N2O3S/c1-21-9-13(10-5-3-4-6-11(10)17(21)22)12-7-16(20-25(2,23)24)15(19)8-14(12)18/h3-9,20H,1-2H3. The SMILES string of the molecule is Cn1cc(-c2cc(NS(C)(=O)=O)c(F)cc2F)c2ccccc2c1=O. The first-order valence-electron chi connectivity index (χ1n) is 7.23. The van der Waals surface area contributed by atoms with Crippen molar-refractivity contribution in [3.8, 4) is 11.1 Å². The van der Waals surface area contributed by atoms with Crippen LogP contribution in [0.2, 0.25) is 0 Å². The van der Waals surface area contributed by atoms with Crippen LogP contribution >= 0.6 is 0 Å². The first kappa shape index (κ1) is 17.1. The van der Waals surface area contributed by atoms with E-state index in [9.17, 15) is 22.0 Å². The van der Waals surface area contributed by atoms with Crippen molar-refractivity contribution < 1.29 is 17.2 Å². The molecule has 3 rings (SSSR count). The van der Waals surface area contributed by atoms with E-state index >= 15 is 0 Å². The second-order valence-electron chi connectivity index (χ2n) is 5.69. The minimum absolute atomic E-state index is 0.0145. The number of anilines is 1. The zero-order valence-corrected chi connectivity index (χ0v) is 14.2. The van der Waals surface area contributed by atoms with Gasteiger partial charge in [0.05, 0.1) is 11.9 Å². The molecule has 1 N–H and O–H groups in total. The molecule has 0 radical (unpaired) electrons. The van der Waals surface area contributed by atoms with Gasteiger partial charge in [0, 0.05) is 35.8 Å². The Morgan fingerprint density at radius 3 is 2.28 bits per heavy atom. The molecule has 1 aromatic heterocycles. The summed E-state index contributed by atoms with van der Waals surface area (Å²) in [6.45, 7) is 0. The van der Waals surface area contributed by atoms with E-state index in [-0.39, 0.29) is 16.8 Å². The van der Waals surface area contributed by atoms with Crippen LogP contribution in [0.5, 0.6) is 0 Å². The third kappa shape index (κ3) is 3.25. The molecule has 130 valence electrons. The first-order chi connectivity index (χ1) is 11.7.